The molecule has 0 saturated heterocycles. The number of pyridine rings is 1. The monoisotopic (exact) mass is 532 g/mol. The fourth-order valence-electron chi connectivity index (χ4n) is 4.24. The predicted octanol–water partition coefficient (Wildman–Crippen LogP) is 7.32. The molecule has 0 fully saturated rings. The van der Waals surface area contributed by atoms with Crippen molar-refractivity contribution in [2.45, 2.75) is 24.7 Å². The summed E-state index contributed by atoms with van der Waals surface area (Å²) in [5.41, 5.74) is -0.929. The van der Waals surface area contributed by atoms with Gasteiger partial charge in [-0.3, -0.25) is 10.3 Å². The highest BCUT2D eigenvalue weighted by molar-refractivity contribution is 6.30. The second-order valence-electron chi connectivity index (χ2n) is 8.47. The van der Waals surface area contributed by atoms with Crippen molar-refractivity contribution in [2.75, 3.05) is 7.11 Å². The number of hydrogen-bond acceptors (Lipinski definition) is 3. The highest BCUT2D eigenvalue weighted by atomic mass is 35.5. The molecule has 9 heteroatoms. The Morgan fingerprint density at radius 1 is 0.865 bits per heavy atom. The Kier molecular flexibility index (Phi) is 7.80. The second-order valence-corrected chi connectivity index (χ2v) is 8.90. The van der Waals surface area contributed by atoms with E-state index in [2.05, 4.69) is 10.3 Å². The van der Waals surface area contributed by atoms with Crippen molar-refractivity contribution in [2.24, 2.45) is 0 Å². The van der Waals surface area contributed by atoms with Crippen LogP contribution in [0.25, 0.3) is 0 Å². The van der Waals surface area contributed by atoms with Crippen LogP contribution in [-0.2, 0) is 24.7 Å². The first-order chi connectivity index (χ1) is 17.6. The Hall–Kier alpha value is -3.49. The molecule has 0 amide bonds. The van der Waals surface area contributed by atoms with Crippen LogP contribution >= 0.6 is 11.6 Å². The summed E-state index contributed by atoms with van der Waals surface area (Å²) in [6.45, 7) is 0.0401. The van der Waals surface area contributed by atoms with Crippen molar-refractivity contribution in [3.63, 3.8) is 0 Å². The summed E-state index contributed by atoms with van der Waals surface area (Å²) < 4.78 is 75.0. The number of nitrogens with zero attached hydrogens (tertiary/aromatic N) is 1. The van der Waals surface area contributed by atoms with Crippen LogP contribution in [0.3, 0.4) is 0 Å². The van der Waals surface area contributed by atoms with Gasteiger partial charge in [-0.2, -0.15) is 13.2 Å². The van der Waals surface area contributed by atoms with Crippen molar-refractivity contribution in [1.29, 1.82) is 0 Å². The molecule has 4 rings (SSSR count). The maximum Gasteiger partial charge on any atom is 0.416 e. The van der Waals surface area contributed by atoms with Gasteiger partial charge >= 0.3 is 6.18 Å². The first kappa shape index (κ1) is 26.6. The number of halogens is 6. The molecule has 4 aromatic rings. The number of ether oxygens (including phenoxy) is 1. The van der Waals surface area contributed by atoms with E-state index in [1.165, 1.54) is 31.5 Å². The minimum atomic E-state index is -4.77. The van der Waals surface area contributed by atoms with Crippen LogP contribution in [0.2, 0.25) is 5.02 Å². The fraction of sp³-hybridized carbons (Fsp3) is 0.179. The zero-order valence-electron chi connectivity index (χ0n) is 19.6. The lowest BCUT2D eigenvalue weighted by atomic mass is 9.79. The summed E-state index contributed by atoms with van der Waals surface area (Å²) in [5, 5.41) is 3.63. The summed E-state index contributed by atoms with van der Waals surface area (Å²) in [4.78, 5) is 4.42. The molecule has 1 unspecified atom stereocenters. The molecule has 1 N–H and O–H groups in total. The largest absolute Gasteiger partial charge is 0.496 e. The minimum Gasteiger partial charge on any atom is -0.496 e. The van der Waals surface area contributed by atoms with Crippen molar-refractivity contribution < 1.29 is 26.7 Å². The molecule has 0 aliphatic carbocycles. The van der Waals surface area contributed by atoms with Crippen molar-refractivity contribution in [1.82, 2.24) is 10.3 Å². The minimum absolute atomic E-state index is 0.0135. The van der Waals surface area contributed by atoms with Gasteiger partial charge in [0.25, 0.3) is 0 Å². The zero-order chi connectivity index (χ0) is 26.6. The fourth-order valence-corrected chi connectivity index (χ4v) is 4.35. The predicted molar refractivity (Wildman–Crippen MR) is 131 cm³/mol. The Bertz CT molecular complexity index is 1360. The summed E-state index contributed by atoms with van der Waals surface area (Å²) in [7, 11) is 1.39. The highest BCUT2D eigenvalue weighted by Crippen LogP contribution is 2.38. The van der Waals surface area contributed by atoms with Crippen LogP contribution in [0.15, 0.2) is 85.1 Å². The normalized spacial score (nSPS) is 13.3. The first-order valence-corrected chi connectivity index (χ1v) is 11.6. The van der Waals surface area contributed by atoms with E-state index in [4.69, 9.17) is 16.3 Å². The van der Waals surface area contributed by atoms with Crippen LogP contribution in [-0.4, -0.2) is 12.1 Å². The van der Waals surface area contributed by atoms with Crippen LogP contribution in [0, 0.1) is 11.6 Å². The smallest absolute Gasteiger partial charge is 0.416 e. The van der Waals surface area contributed by atoms with Gasteiger partial charge in [0, 0.05) is 30.8 Å². The van der Waals surface area contributed by atoms with Gasteiger partial charge in [0.15, 0.2) is 0 Å². The van der Waals surface area contributed by atoms with Gasteiger partial charge in [-0.05, 0) is 47.5 Å². The molecular formula is C28H22ClF5N2O. The summed E-state index contributed by atoms with van der Waals surface area (Å²) in [5.74, 6) is -1.30. The van der Waals surface area contributed by atoms with Gasteiger partial charge in [-0.1, -0.05) is 48.0 Å². The average Bonchev–Trinajstić information content (AvgIpc) is 2.87. The quantitative estimate of drug-likeness (QED) is 0.241. The molecule has 0 aliphatic heterocycles. The van der Waals surface area contributed by atoms with Crippen molar-refractivity contribution >= 4 is 11.6 Å². The molecule has 1 heterocycles. The zero-order valence-corrected chi connectivity index (χ0v) is 20.4. The lowest BCUT2D eigenvalue weighted by molar-refractivity contribution is -0.137. The molecule has 3 aromatic carbocycles. The molecule has 37 heavy (non-hydrogen) atoms. The Morgan fingerprint density at radius 3 is 2.24 bits per heavy atom. The molecule has 1 aromatic heterocycles. The second kappa shape index (κ2) is 10.9. The Morgan fingerprint density at radius 2 is 1.59 bits per heavy atom. The topological polar surface area (TPSA) is 34.1 Å². The highest BCUT2D eigenvalue weighted by Gasteiger charge is 2.39. The summed E-state index contributed by atoms with van der Waals surface area (Å²) >= 11 is 6.06. The van der Waals surface area contributed by atoms with Crippen LogP contribution in [0.5, 0.6) is 5.75 Å². The molecular weight excluding hydrogens is 511 g/mol. The number of hydrogen-bond donors (Lipinski definition) is 1. The van der Waals surface area contributed by atoms with Crippen LogP contribution < -0.4 is 10.1 Å². The molecule has 192 valence electrons. The Labute approximate surface area is 215 Å². The van der Waals surface area contributed by atoms with Crippen LogP contribution in [0.4, 0.5) is 22.0 Å². The van der Waals surface area contributed by atoms with E-state index in [1.807, 2.05) is 18.2 Å². The van der Waals surface area contributed by atoms with E-state index < -0.39 is 28.9 Å². The van der Waals surface area contributed by atoms with Gasteiger partial charge in [0.05, 0.1) is 28.9 Å². The number of alkyl halides is 3. The van der Waals surface area contributed by atoms with Gasteiger partial charge < -0.3 is 4.74 Å². The van der Waals surface area contributed by atoms with E-state index in [0.29, 0.717) is 22.3 Å². The Balaban J connectivity index is 1.94. The third kappa shape index (κ3) is 6.09. The number of rotatable bonds is 8. The van der Waals surface area contributed by atoms with Gasteiger partial charge in [-0.25, -0.2) is 8.78 Å². The SMILES string of the molecule is COc1cc(F)ccc1CNC(Cc1ccccc1)(c1cc(F)cc(C(F)(F)F)c1)c1ccc(Cl)cn1. The molecule has 0 aliphatic rings. The van der Waals surface area contributed by atoms with E-state index >= 15 is 0 Å². The first-order valence-electron chi connectivity index (χ1n) is 11.2. The van der Waals surface area contributed by atoms with E-state index in [9.17, 15) is 22.0 Å². The number of methoxy groups -OCH3 is 1. The molecule has 0 bridgehead atoms. The van der Waals surface area contributed by atoms with Crippen molar-refractivity contribution in [3.8, 4) is 5.75 Å². The summed E-state index contributed by atoms with van der Waals surface area (Å²) in [6, 6.07) is 18.6. The molecule has 0 saturated carbocycles. The van der Waals surface area contributed by atoms with Crippen LogP contribution in [0.1, 0.15) is 27.9 Å². The third-order valence-electron chi connectivity index (χ3n) is 6.02. The molecule has 0 radical (unpaired) electrons. The maximum absolute atomic E-state index is 14.7. The van der Waals surface area contributed by atoms with E-state index in [-0.39, 0.29) is 24.3 Å². The lowest BCUT2D eigenvalue weighted by Gasteiger charge is -2.36. The summed E-state index contributed by atoms with van der Waals surface area (Å²) in [6.07, 6.45) is -3.28. The van der Waals surface area contributed by atoms with E-state index in [0.717, 1.165) is 17.7 Å². The van der Waals surface area contributed by atoms with E-state index in [1.54, 1.807) is 24.3 Å². The average molecular weight is 533 g/mol. The maximum atomic E-state index is 14.7. The van der Waals surface area contributed by atoms with Crippen molar-refractivity contribution in [3.05, 3.63) is 130 Å². The lowest BCUT2D eigenvalue weighted by Crippen LogP contribution is -2.46. The number of nitrogens with one attached hydrogen (secondary N) is 1. The van der Waals surface area contributed by atoms with Gasteiger partial charge in [-0.15, -0.1) is 0 Å². The number of aromatic nitrogens is 1. The van der Waals surface area contributed by atoms with Gasteiger partial charge in [0.2, 0.25) is 0 Å². The molecule has 0 spiro atoms. The standard InChI is InChI=1S/C28H22ClF5N2O/c1-37-25-14-23(30)9-7-19(25)16-36-27(15-18-5-3-2-4-6-18,26-10-8-22(29)17-35-26)20-11-21(28(32,33)34)13-24(31)12-20/h2-14,17,36H,15-16H2,1H3. The van der Waals surface area contributed by atoms with Gasteiger partial charge in [0.1, 0.15) is 17.4 Å². The molecule has 1 atom stereocenters. The number of benzene rings is 3. The molecule has 3 nitrogen and oxygen atoms in total. The third-order valence-corrected chi connectivity index (χ3v) is 6.25.